The minimum absolute atomic E-state index is 0.00936. The quantitative estimate of drug-likeness (QED) is 0.737. The molecule has 1 aromatic heterocycles. The van der Waals surface area contributed by atoms with Crippen LogP contribution in [0.5, 0.6) is 0 Å². The number of rotatable bonds is 7. The van der Waals surface area contributed by atoms with Crippen molar-refractivity contribution in [3.8, 4) is 0 Å². The number of amides is 2. The molecule has 7 nitrogen and oxygen atoms in total. The molecule has 0 radical (unpaired) electrons. The Kier molecular flexibility index (Phi) is 6.18. The Morgan fingerprint density at radius 1 is 1.30 bits per heavy atom. The molecule has 1 N–H and O–H groups in total. The maximum Gasteiger partial charge on any atom is 0.228 e. The lowest BCUT2D eigenvalue weighted by atomic mass is 10.1. The first-order chi connectivity index (χ1) is 13.0. The number of carbonyl (C=O) groups excluding carboxylic acids is 2. The Morgan fingerprint density at radius 3 is 2.74 bits per heavy atom. The standard InChI is InChI=1S/C19H24N4O3S/c1-4-26-6-5-16(24)20-19-22-21-18(27-19)14-10-17(25)23(11-14)15-8-12(2)7-13(3)9-15/h7-9,14H,4-6,10-11H2,1-3H3,(H,20,22,24). The van der Waals surface area contributed by atoms with Crippen molar-refractivity contribution in [3.05, 3.63) is 34.3 Å². The van der Waals surface area contributed by atoms with E-state index in [4.69, 9.17) is 4.74 Å². The number of aromatic nitrogens is 2. The molecular weight excluding hydrogens is 364 g/mol. The summed E-state index contributed by atoms with van der Waals surface area (Å²) in [4.78, 5) is 26.2. The van der Waals surface area contributed by atoms with Crippen molar-refractivity contribution in [2.45, 2.75) is 39.5 Å². The van der Waals surface area contributed by atoms with Gasteiger partial charge in [0, 0.05) is 31.2 Å². The molecule has 1 fully saturated rings. The molecule has 0 aliphatic carbocycles. The highest BCUT2D eigenvalue weighted by Gasteiger charge is 2.34. The van der Waals surface area contributed by atoms with Crippen LogP contribution < -0.4 is 10.2 Å². The first kappa shape index (κ1) is 19.4. The lowest BCUT2D eigenvalue weighted by molar-refractivity contribution is -0.118. The van der Waals surface area contributed by atoms with E-state index in [0.717, 1.165) is 21.8 Å². The van der Waals surface area contributed by atoms with Crippen LogP contribution in [0.3, 0.4) is 0 Å². The number of anilines is 2. The van der Waals surface area contributed by atoms with E-state index in [0.29, 0.717) is 31.3 Å². The molecule has 1 aliphatic heterocycles. The summed E-state index contributed by atoms with van der Waals surface area (Å²) in [5.74, 6) is -0.0714. The normalized spacial score (nSPS) is 16.8. The van der Waals surface area contributed by atoms with Crippen LogP contribution in [0.2, 0.25) is 0 Å². The Hall–Kier alpha value is -2.32. The predicted molar refractivity (Wildman–Crippen MR) is 105 cm³/mol. The molecule has 2 aromatic rings. The van der Waals surface area contributed by atoms with Gasteiger partial charge in [0.15, 0.2) is 0 Å². The lowest BCUT2D eigenvalue weighted by Crippen LogP contribution is -2.24. The zero-order valence-corrected chi connectivity index (χ0v) is 16.6. The fraction of sp³-hybridized carbons (Fsp3) is 0.474. The minimum Gasteiger partial charge on any atom is -0.381 e. The molecule has 2 heterocycles. The predicted octanol–water partition coefficient (Wildman–Crippen LogP) is 3.04. The molecule has 0 saturated carbocycles. The molecule has 1 unspecified atom stereocenters. The average Bonchev–Trinajstić information content (AvgIpc) is 3.21. The van der Waals surface area contributed by atoms with Crippen molar-refractivity contribution in [1.82, 2.24) is 10.2 Å². The minimum atomic E-state index is -0.148. The number of hydrogen-bond donors (Lipinski definition) is 1. The molecule has 27 heavy (non-hydrogen) atoms. The van der Waals surface area contributed by atoms with Gasteiger partial charge in [0.2, 0.25) is 16.9 Å². The largest absolute Gasteiger partial charge is 0.381 e. The maximum atomic E-state index is 12.5. The van der Waals surface area contributed by atoms with Crippen molar-refractivity contribution in [1.29, 1.82) is 0 Å². The van der Waals surface area contributed by atoms with Gasteiger partial charge in [-0.3, -0.25) is 9.59 Å². The summed E-state index contributed by atoms with van der Waals surface area (Å²) in [5.41, 5.74) is 3.19. The molecule has 3 rings (SSSR count). The van der Waals surface area contributed by atoms with Gasteiger partial charge in [-0.05, 0) is 44.0 Å². The van der Waals surface area contributed by atoms with E-state index < -0.39 is 0 Å². The topological polar surface area (TPSA) is 84.4 Å². The highest BCUT2D eigenvalue weighted by molar-refractivity contribution is 7.15. The van der Waals surface area contributed by atoms with Crippen LogP contribution in [0, 0.1) is 13.8 Å². The molecule has 1 atom stereocenters. The van der Waals surface area contributed by atoms with Crippen LogP contribution in [0.25, 0.3) is 0 Å². The van der Waals surface area contributed by atoms with Crippen molar-refractivity contribution < 1.29 is 14.3 Å². The van der Waals surface area contributed by atoms with Gasteiger partial charge >= 0.3 is 0 Å². The summed E-state index contributed by atoms with van der Waals surface area (Å²) >= 11 is 1.33. The number of aryl methyl sites for hydroxylation is 2. The fourth-order valence-electron chi connectivity index (χ4n) is 3.17. The molecule has 1 saturated heterocycles. The second kappa shape index (κ2) is 8.58. The van der Waals surface area contributed by atoms with Crippen molar-refractivity contribution in [2.24, 2.45) is 0 Å². The first-order valence-electron chi connectivity index (χ1n) is 9.06. The number of ether oxygens (including phenoxy) is 1. The van der Waals surface area contributed by atoms with Crippen LogP contribution in [0.1, 0.15) is 41.8 Å². The van der Waals surface area contributed by atoms with Crippen molar-refractivity contribution in [2.75, 3.05) is 30.0 Å². The molecule has 0 spiro atoms. The maximum absolute atomic E-state index is 12.5. The highest BCUT2D eigenvalue weighted by atomic mass is 32.1. The SMILES string of the molecule is CCOCCC(=O)Nc1nnc(C2CC(=O)N(c3cc(C)cc(C)c3)C2)s1. The van der Waals surface area contributed by atoms with Gasteiger partial charge in [-0.15, -0.1) is 10.2 Å². The van der Waals surface area contributed by atoms with Gasteiger partial charge in [0.05, 0.1) is 13.0 Å². The molecule has 8 heteroatoms. The zero-order valence-electron chi connectivity index (χ0n) is 15.8. The molecular formula is C19H24N4O3S. The summed E-state index contributed by atoms with van der Waals surface area (Å²) in [6.07, 6.45) is 0.686. The number of nitrogens with zero attached hydrogens (tertiary/aromatic N) is 3. The lowest BCUT2D eigenvalue weighted by Gasteiger charge is -2.17. The Labute approximate surface area is 162 Å². The third-order valence-electron chi connectivity index (χ3n) is 4.36. The Bertz CT molecular complexity index is 816. The van der Waals surface area contributed by atoms with Crippen molar-refractivity contribution in [3.63, 3.8) is 0 Å². The van der Waals surface area contributed by atoms with E-state index in [-0.39, 0.29) is 24.2 Å². The van der Waals surface area contributed by atoms with E-state index in [1.807, 2.05) is 37.8 Å². The molecule has 1 aromatic carbocycles. The van der Waals surface area contributed by atoms with E-state index >= 15 is 0 Å². The van der Waals surface area contributed by atoms with Crippen molar-refractivity contribution >= 4 is 34.0 Å². The third-order valence-corrected chi connectivity index (χ3v) is 5.36. The van der Waals surface area contributed by atoms with Gasteiger partial charge in [-0.1, -0.05) is 17.4 Å². The van der Waals surface area contributed by atoms with E-state index in [1.54, 1.807) is 0 Å². The Morgan fingerprint density at radius 2 is 2.04 bits per heavy atom. The van der Waals surface area contributed by atoms with Crippen LogP contribution in [0.15, 0.2) is 18.2 Å². The molecule has 144 valence electrons. The number of hydrogen-bond acceptors (Lipinski definition) is 6. The van der Waals surface area contributed by atoms with Crippen LogP contribution in [-0.2, 0) is 14.3 Å². The summed E-state index contributed by atoms with van der Waals surface area (Å²) in [6, 6.07) is 6.14. The summed E-state index contributed by atoms with van der Waals surface area (Å²) in [6.45, 7) is 7.49. The molecule has 0 bridgehead atoms. The summed E-state index contributed by atoms with van der Waals surface area (Å²) in [7, 11) is 0. The van der Waals surface area contributed by atoms with E-state index in [2.05, 4.69) is 21.6 Å². The van der Waals surface area contributed by atoms with Gasteiger partial charge in [0.1, 0.15) is 5.01 Å². The first-order valence-corrected chi connectivity index (χ1v) is 9.87. The van der Waals surface area contributed by atoms with Gasteiger partial charge in [-0.2, -0.15) is 0 Å². The Balaban J connectivity index is 1.64. The monoisotopic (exact) mass is 388 g/mol. The molecule has 2 amide bonds. The summed E-state index contributed by atoms with van der Waals surface area (Å²) in [5, 5.41) is 12.2. The zero-order chi connectivity index (χ0) is 19.4. The van der Waals surface area contributed by atoms with Gasteiger partial charge in [0.25, 0.3) is 0 Å². The van der Waals surface area contributed by atoms with E-state index in [9.17, 15) is 9.59 Å². The second-order valence-corrected chi connectivity index (χ2v) is 7.70. The van der Waals surface area contributed by atoms with Crippen LogP contribution in [0.4, 0.5) is 10.8 Å². The van der Waals surface area contributed by atoms with Gasteiger partial charge in [-0.25, -0.2) is 0 Å². The fourth-order valence-corrected chi connectivity index (χ4v) is 4.02. The number of benzene rings is 1. The highest BCUT2D eigenvalue weighted by Crippen LogP contribution is 2.34. The number of carbonyl (C=O) groups is 2. The van der Waals surface area contributed by atoms with E-state index in [1.165, 1.54) is 11.3 Å². The molecule has 1 aliphatic rings. The summed E-state index contributed by atoms with van der Waals surface area (Å²) < 4.78 is 5.17. The average molecular weight is 388 g/mol. The van der Waals surface area contributed by atoms with Gasteiger partial charge < -0.3 is 15.0 Å². The second-order valence-electron chi connectivity index (χ2n) is 6.69. The van der Waals surface area contributed by atoms with Crippen LogP contribution in [-0.4, -0.2) is 41.8 Å². The smallest absolute Gasteiger partial charge is 0.228 e. The third kappa shape index (κ3) is 4.90. The van der Waals surface area contributed by atoms with Crippen LogP contribution >= 0.6 is 11.3 Å². The number of nitrogens with one attached hydrogen (secondary N) is 1.